The van der Waals surface area contributed by atoms with E-state index < -0.39 is 29.1 Å². The van der Waals surface area contributed by atoms with Gasteiger partial charge in [0.1, 0.15) is 11.2 Å². The van der Waals surface area contributed by atoms with E-state index in [0.717, 1.165) is 4.90 Å². The molecule has 0 radical (unpaired) electrons. The summed E-state index contributed by atoms with van der Waals surface area (Å²) >= 11 is 0. The Balaban J connectivity index is 2.54. The number of nitrogens with zero attached hydrogens (tertiary/aromatic N) is 1. The number of anilines is 1. The van der Waals surface area contributed by atoms with Crippen molar-refractivity contribution in [3.63, 3.8) is 0 Å². The minimum absolute atomic E-state index is 0.137. The van der Waals surface area contributed by atoms with E-state index in [9.17, 15) is 18.8 Å². The number of hydrogen-bond donors (Lipinski definition) is 1. The maximum Gasteiger partial charge on any atom is 0.335 e. The molecule has 1 fully saturated rings. The van der Waals surface area contributed by atoms with Gasteiger partial charge in [0.15, 0.2) is 0 Å². The molecule has 6 heteroatoms. The van der Waals surface area contributed by atoms with Gasteiger partial charge in [-0.3, -0.25) is 14.9 Å². The summed E-state index contributed by atoms with van der Waals surface area (Å²) in [4.78, 5) is 37.4. The van der Waals surface area contributed by atoms with Gasteiger partial charge in [0.25, 0.3) is 5.91 Å². The normalized spacial score (nSPS) is 17.9. The molecule has 0 spiro atoms. The number of barbiturate groups is 1. The van der Waals surface area contributed by atoms with Crippen LogP contribution in [0.2, 0.25) is 0 Å². The van der Waals surface area contributed by atoms with Crippen molar-refractivity contribution in [1.82, 2.24) is 5.32 Å². The number of benzene rings is 1. The number of hydrogen-bond acceptors (Lipinski definition) is 3. The molecule has 21 heavy (non-hydrogen) atoms. The van der Waals surface area contributed by atoms with E-state index in [1.807, 2.05) is 0 Å². The molecule has 0 atom stereocenters. The zero-order chi connectivity index (χ0) is 15.8. The Morgan fingerprint density at radius 2 is 1.81 bits per heavy atom. The molecule has 0 aromatic heterocycles. The molecule has 1 aromatic carbocycles. The first-order valence-electron chi connectivity index (χ1n) is 6.83. The second kappa shape index (κ2) is 5.27. The molecule has 4 amide bonds. The number of carbonyl (C=O) groups excluding carboxylic acids is 3. The minimum Gasteiger partial charge on any atom is -0.276 e. The van der Waals surface area contributed by atoms with Gasteiger partial charge in [0.2, 0.25) is 5.91 Å². The van der Waals surface area contributed by atoms with E-state index in [1.165, 1.54) is 12.1 Å². The maximum absolute atomic E-state index is 14.1. The Kier molecular flexibility index (Phi) is 3.80. The molecule has 1 aromatic rings. The Morgan fingerprint density at radius 3 is 2.33 bits per heavy atom. The highest BCUT2D eigenvalue weighted by atomic mass is 19.1. The van der Waals surface area contributed by atoms with Gasteiger partial charge in [-0.15, -0.1) is 0 Å². The van der Waals surface area contributed by atoms with E-state index >= 15 is 0 Å². The van der Waals surface area contributed by atoms with Crippen molar-refractivity contribution in [3.8, 4) is 0 Å². The van der Waals surface area contributed by atoms with Gasteiger partial charge < -0.3 is 0 Å². The molecule has 1 aliphatic heterocycles. The Bertz CT molecular complexity index is 623. The van der Waals surface area contributed by atoms with Crippen LogP contribution in [0.5, 0.6) is 0 Å². The van der Waals surface area contributed by atoms with E-state index in [4.69, 9.17) is 0 Å². The van der Waals surface area contributed by atoms with Crippen molar-refractivity contribution in [2.24, 2.45) is 5.41 Å². The molecule has 0 unspecified atom stereocenters. The Hall–Kier alpha value is -2.24. The fraction of sp³-hybridized carbons (Fsp3) is 0.400. The maximum atomic E-state index is 14.1. The highest BCUT2D eigenvalue weighted by Crippen LogP contribution is 2.35. The Labute approximate surface area is 122 Å². The Morgan fingerprint density at radius 1 is 1.19 bits per heavy atom. The van der Waals surface area contributed by atoms with Gasteiger partial charge in [0, 0.05) is 0 Å². The lowest BCUT2D eigenvalue weighted by molar-refractivity contribution is -0.143. The molecule has 0 saturated carbocycles. The van der Waals surface area contributed by atoms with Crippen LogP contribution in [0.25, 0.3) is 0 Å². The van der Waals surface area contributed by atoms with E-state index in [-0.39, 0.29) is 18.5 Å². The van der Waals surface area contributed by atoms with Crippen molar-refractivity contribution in [3.05, 3.63) is 29.6 Å². The number of imide groups is 2. The van der Waals surface area contributed by atoms with Gasteiger partial charge in [-0.2, -0.15) is 0 Å². The molecule has 2 rings (SSSR count). The number of halogens is 1. The molecule has 0 aliphatic carbocycles. The fourth-order valence-corrected chi connectivity index (χ4v) is 2.56. The molecule has 1 aliphatic rings. The van der Waals surface area contributed by atoms with Crippen molar-refractivity contribution in [2.75, 3.05) is 4.90 Å². The third kappa shape index (κ3) is 2.20. The highest BCUT2D eigenvalue weighted by molar-refractivity contribution is 6.29. The summed E-state index contributed by atoms with van der Waals surface area (Å²) in [6.45, 7) is 5.10. The fourth-order valence-electron chi connectivity index (χ4n) is 2.56. The van der Waals surface area contributed by atoms with Crippen LogP contribution in [0.1, 0.15) is 32.3 Å². The van der Waals surface area contributed by atoms with Crippen molar-refractivity contribution >= 4 is 23.5 Å². The summed E-state index contributed by atoms with van der Waals surface area (Å²) in [6, 6.07) is 3.31. The molecule has 5 nitrogen and oxygen atoms in total. The molecule has 1 N–H and O–H groups in total. The van der Waals surface area contributed by atoms with Gasteiger partial charge in [0.05, 0.1) is 5.69 Å². The van der Waals surface area contributed by atoms with Crippen LogP contribution in [0, 0.1) is 18.2 Å². The molecule has 1 heterocycles. The molecular weight excluding hydrogens is 275 g/mol. The van der Waals surface area contributed by atoms with Crippen molar-refractivity contribution in [1.29, 1.82) is 0 Å². The van der Waals surface area contributed by atoms with Crippen LogP contribution in [-0.4, -0.2) is 17.8 Å². The second-order valence-corrected chi connectivity index (χ2v) is 5.14. The third-order valence-electron chi connectivity index (χ3n) is 4.02. The molecule has 1 saturated heterocycles. The summed E-state index contributed by atoms with van der Waals surface area (Å²) in [6.07, 6.45) is 0.483. The number of urea groups is 1. The number of carbonyl (C=O) groups is 3. The average Bonchev–Trinajstić information content (AvgIpc) is 2.42. The predicted molar refractivity (Wildman–Crippen MR) is 75.2 cm³/mol. The van der Waals surface area contributed by atoms with Gasteiger partial charge >= 0.3 is 6.03 Å². The molecule has 0 bridgehead atoms. The van der Waals surface area contributed by atoms with Crippen molar-refractivity contribution in [2.45, 2.75) is 33.6 Å². The molecule has 112 valence electrons. The second-order valence-electron chi connectivity index (χ2n) is 5.14. The summed E-state index contributed by atoms with van der Waals surface area (Å²) < 4.78 is 14.1. The van der Waals surface area contributed by atoms with Crippen LogP contribution in [0.15, 0.2) is 18.2 Å². The number of amides is 4. The van der Waals surface area contributed by atoms with Gasteiger partial charge in [-0.1, -0.05) is 19.9 Å². The first kappa shape index (κ1) is 15.2. The lowest BCUT2D eigenvalue weighted by atomic mass is 9.78. The monoisotopic (exact) mass is 292 g/mol. The van der Waals surface area contributed by atoms with Crippen LogP contribution in [-0.2, 0) is 9.59 Å². The minimum atomic E-state index is -1.33. The van der Waals surface area contributed by atoms with Crippen LogP contribution in [0.4, 0.5) is 14.9 Å². The number of nitrogens with one attached hydrogen (secondary N) is 1. The summed E-state index contributed by atoms with van der Waals surface area (Å²) in [5, 5.41) is 2.15. The van der Waals surface area contributed by atoms with E-state index in [0.29, 0.717) is 5.56 Å². The zero-order valence-electron chi connectivity index (χ0n) is 12.2. The van der Waals surface area contributed by atoms with Gasteiger partial charge in [-0.25, -0.2) is 14.1 Å². The standard InChI is InChI=1S/C15H17FN2O3/c1-4-15(5-2)12(19)17-14(21)18(13(15)20)11-7-6-9(3)8-10(11)16/h6-8H,4-5H2,1-3H3,(H,17,19,21). The highest BCUT2D eigenvalue weighted by Gasteiger charge is 2.52. The van der Waals surface area contributed by atoms with Crippen molar-refractivity contribution < 1.29 is 18.8 Å². The first-order chi connectivity index (χ1) is 9.87. The number of rotatable bonds is 3. The van der Waals surface area contributed by atoms with Crippen LogP contribution in [0.3, 0.4) is 0 Å². The smallest absolute Gasteiger partial charge is 0.276 e. The quantitative estimate of drug-likeness (QED) is 0.870. The third-order valence-corrected chi connectivity index (χ3v) is 4.02. The predicted octanol–water partition coefficient (Wildman–Crippen LogP) is 2.52. The lowest BCUT2D eigenvalue weighted by Crippen LogP contribution is -2.64. The summed E-state index contributed by atoms with van der Waals surface area (Å²) in [7, 11) is 0. The number of aryl methyl sites for hydroxylation is 1. The van der Waals surface area contributed by atoms with E-state index in [2.05, 4.69) is 5.32 Å². The topological polar surface area (TPSA) is 66.5 Å². The van der Waals surface area contributed by atoms with Crippen LogP contribution < -0.4 is 10.2 Å². The summed E-state index contributed by atoms with van der Waals surface area (Å²) in [5.74, 6) is -1.97. The lowest BCUT2D eigenvalue weighted by Gasteiger charge is -2.38. The van der Waals surface area contributed by atoms with E-state index in [1.54, 1.807) is 26.8 Å². The summed E-state index contributed by atoms with van der Waals surface area (Å²) in [5.41, 5.74) is -0.790. The molecular formula is C15H17FN2O3. The largest absolute Gasteiger partial charge is 0.335 e. The van der Waals surface area contributed by atoms with Crippen LogP contribution >= 0.6 is 0 Å². The zero-order valence-corrected chi connectivity index (χ0v) is 12.2. The SMILES string of the molecule is CCC1(CC)C(=O)NC(=O)N(c2ccc(C)cc2F)C1=O. The average molecular weight is 292 g/mol. The first-order valence-corrected chi connectivity index (χ1v) is 6.83. The van der Waals surface area contributed by atoms with Gasteiger partial charge in [-0.05, 0) is 37.5 Å².